The summed E-state index contributed by atoms with van der Waals surface area (Å²) < 4.78 is 4.92. The molecule has 1 aromatic carbocycles. The number of carbonyl (C=O) groups is 1. The minimum atomic E-state index is -0.402. The van der Waals surface area contributed by atoms with Crippen LogP contribution in [0.25, 0.3) is 0 Å². The number of nitrogens with one attached hydrogen (secondary N) is 2. The summed E-state index contributed by atoms with van der Waals surface area (Å²) in [5.41, 5.74) is 0.637. The smallest absolute Gasteiger partial charge is 0.274 e. The van der Waals surface area contributed by atoms with Crippen LogP contribution >= 0.6 is 23.2 Å². The van der Waals surface area contributed by atoms with Crippen LogP contribution < -0.4 is 10.6 Å². The monoisotopic (exact) mass is 340 g/mol. The van der Waals surface area contributed by atoms with Gasteiger partial charge in [-0.15, -0.1) is 0 Å². The molecule has 6 nitrogen and oxygen atoms in total. The van der Waals surface area contributed by atoms with Gasteiger partial charge in [-0.05, 0) is 24.3 Å². The zero-order valence-corrected chi connectivity index (χ0v) is 13.3. The summed E-state index contributed by atoms with van der Waals surface area (Å²) in [5, 5.41) is 6.48. The number of benzene rings is 1. The Bertz CT molecular complexity index is 667. The molecule has 0 saturated carbocycles. The lowest BCUT2D eigenvalue weighted by molar-refractivity contribution is 0.102. The summed E-state index contributed by atoms with van der Waals surface area (Å²) in [4.78, 5) is 20.4. The van der Waals surface area contributed by atoms with E-state index in [9.17, 15) is 4.79 Å². The first kappa shape index (κ1) is 16.5. The van der Waals surface area contributed by atoms with E-state index in [1.807, 2.05) is 0 Å². The molecule has 0 saturated heterocycles. The molecule has 0 bridgehead atoms. The van der Waals surface area contributed by atoms with Crippen molar-refractivity contribution in [3.05, 3.63) is 46.2 Å². The molecule has 0 aliphatic rings. The zero-order chi connectivity index (χ0) is 15.9. The highest BCUT2D eigenvalue weighted by molar-refractivity contribution is 6.35. The number of carbonyl (C=O) groups excluding carboxylic acids is 1. The normalized spacial score (nSPS) is 10.3. The van der Waals surface area contributed by atoms with Gasteiger partial charge in [0.05, 0.1) is 17.3 Å². The third-order valence-electron chi connectivity index (χ3n) is 2.65. The van der Waals surface area contributed by atoms with E-state index >= 15 is 0 Å². The summed E-state index contributed by atoms with van der Waals surface area (Å²) in [7, 11) is 1.60. The van der Waals surface area contributed by atoms with Crippen molar-refractivity contribution in [1.29, 1.82) is 0 Å². The van der Waals surface area contributed by atoms with Crippen molar-refractivity contribution in [3.8, 4) is 0 Å². The van der Waals surface area contributed by atoms with E-state index in [4.69, 9.17) is 27.9 Å². The van der Waals surface area contributed by atoms with Gasteiger partial charge in [-0.2, -0.15) is 0 Å². The maximum Gasteiger partial charge on any atom is 0.274 e. The van der Waals surface area contributed by atoms with Gasteiger partial charge in [0.2, 0.25) is 5.95 Å². The van der Waals surface area contributed by atoms with Crippen LogP contribution in [-0.2, 0) is 4.74 Å². The van der Waals surface area contributed by atoms with Crippen molar-refractivity contribution in [2.24, 2.45) is 0 Å². The Kier molecular flexibility index (Phi) is 5.94. The third-order valence-corrected chi connectivity index (χ3v) is 3.22. The highest BCUT2D eigenvalue weighted by Crippen LogP contribution is 2.25. The van der Waals surface area contributed by atoms with Crippen LogP contribution in [0.4, 0.5) is 11.6 Å². The Balaban J connectivity index is 2.09. The lowest BCUT2D eigenvalue weighted by Crippen LogP contribution is -2.16. The highest BCUT2D eigenvalue weighted by Gasteiger charge is 2.11. The maximum absolute atomic E-state index is 12.2. The largest absolute Gasteiger partial charge is 0.383 e. The first-order chi connectivity index (χ1) is 10.6. The second kappa shape index (κ2) is 7.93. The lowest BCUT2D eigenvalue weighted by Gasteiger charge is -2.08. The molecule has 8 heteroatoms. The van der Waals surface area contributed by atoms with Crippen LogP contribution in [0.5, 0.6) is 0 Å². The van der Waals surface area contributed by atoms with E-state index in [2.05, 4.69) is 20.6 Å². The van der Waals surface area contributed by atoms with Crippen LogP contribution in [0.3, 0.4) is 0 Å². The molecule has 0 atom stereocenters. The molecule has 1 aromatic heterocycles. The van der Waals surface area contributed by atoms with Crippen LogP contribution in [0.1, 0.15) is 10.5 Å². The summed E-state index contributed by atoms with van der Waals surface area (Å²) >= 11 is 11.9. The van der Waals surface area contributed by atoms with Gasteiger partial charge in [0.1, 0.15) is 5.69 Å². The van der Waals surface area contributed by atoms with Crippen molar-refractivity contribution in [2.45, 2.75) is 0 Å². The lowest BCUT2D eigenvalue weighted by atomic mass is 10.3. The van der Waals surface area contributed by atoms with Crippen molar-refractivity contribution >= 4 is 40.7 Å². The van der Waals surface area contributed by atoms with Crippen molar-refractivity contribution in [1.82, 2.24) is 9.97 Å². The number of anilines is 2. The van der Waals surface area contributed by atoms with Gasteiger partial charge >= 0.3 is 0 Å². The zero-order valence-electron chi connectivity index (χ0n) is 11.8. The van der Waals surface area contributed by atoms with Crippen molar-refractivity contribution in [3.63, 3.8) is 0 Å². The highest BCUT2D eigenvalue weighted by atomic mass is 35.5. The molecule has 0 aliphatic carbocycles. The topological polar surface area (TPSA) is 76.1 Å². The van der Waals surface area contributed by atoms with Crippen LogP contribution in [-0.4, -0.2) is 36.1 Å². The summed E-state index contributed by atoms with van der Waals surface area (Å²) in [6.07, 6.45) is 1.50. The minimum Gasteiger partial charge on any atom is -0.383 e. The van der Waals surface area contributed by atoms with Crippen LogP contribution in [0, 0.1) is 0 Å². The second-order valence-electron chi connectivity index (χ2n) is 4.26. The number of methoxy groups -OCH3 is 1. The SMILES string of the molecule is COCCNc1nccc(C(=O)Nc2cc(Cl)ccc2Cl)n1. The quantitative estimate of drug-likeness (QED) is 0.790. The first-order valence-electron chi connectivity index (χ1n) is 6.42. The number of rotatable bonds is 6. The van der Waals surface area contributed by atoms with E-state index in [0.717, 1.165) is 0 Å². The molecule has 0 aliphatic heterocycles. The van der Waals surface area contributed by atoms with E-state index < -0.39 is 5.91 Å². The number of hydrogen-bond donors (Lipinski definition) is 2. The Morgan fingerprint density at radius 2 is 2.14 bits per heavy atom. The number of halogens is 2. The van der Waals surface area contributed by atoms with E-state index in [-0.39, 0.29) is 5.69 Å². The number of nitrogens with zero attached hydrogens (tertiary/aromatic N) is 2. The Morgan fingerprint density at radius 3 is 2.91 bits per heavy atom. The third kappa shape index (κ3) is 4.56. The van der Waals surface area contributed by atoms with E-state index in [1.165, 1.54) is 12.3 Å². The predicted molar refractivity (Wildman–Crippen MR) is 86.8 cm³/mol. The molecule has 0 radical (unpaired) electrons. The number of hydrogen-bond acceptors (Lipinski definition) is 5. The minimum absolute atomic E-state index is 0.214. The van der Waals surface area contributed by atoms with E-state index in [0.29, 0.717) is 34.8 Å². The molecule has 0 unspecified atom stereocenters. The van der Waals surface area contributed by atoms with Gasteiger partial charge < -0.3 is 15.4 Å². The fourth-order valence-electron chi connectivity index (χ4n) is 1.61. The molecular weight excluding hydrogens is 327 g/mol. The maximum atomic E-state index is 12.2. The summed E-state index contributed by atoms with van der Waals surface area (Å²) in [5.74, 6) is -0.0525. The fourth-order valence-corrected chi connectivity index (χ4v) is 1.95. The fraction of sp³-hybridized carbons (Fsp3) is 0.214. The molecule has 116 valence electrons. The molecule has 1 heterocycles. The molecule has 22 heavy (non-hydrogen) atoms. The predicted octanol–water partition coefficient (Wildman–Crippen LogP) is 3.09. The molecule has 0 fully saturated rings. The van der Waals surface area contributed by atoms with Crippen LogP contribution in [0.2, 0.25) is 10.0 Å². The van der Waals surface area contributed by atoms with Gasteiger partial charge in [0.25, 0.3) is 5.91 Å². The van der Waals surface area contributed by atoms with Crippen LogP contribution in [0.15, 0.2) is 30.5 Å². The number of aromatic nitrogens is 2. The number of amides is 1. The van der Waals surface area contributed by atoms with Gasteiger partial charge in [0.15, 0.2) is 0 Å². The van der Waals surface area contributed by atoms with Gasteiger partial charge in [-0.1, -0.05) is 23.2 Å². The molecule has 2 N–H and O–H groups in total. The second-order valence-corrected chi connectivity index (χ2v) is 5.11. The number of ether oxygens (including phenoxy) is 1. The summed E-state index contributed by atoms with van der Waals surface area (Å²) in [6.45, 7) is 1.06. The first-order valence-corrected chi connectivity index (χ1v) is 7.18. The Hall–Kier alpha value is -1.89. The summed E-state index contributed by atoms with van der Waals surface area (Å²) in [6, 6.07) is 6.33. The van der Waals surface area contributed by atoms with Crippen molar-refractivity contribution < 1.29 is 9.53 Å². The van der Waals surface area contributed by atoms with Gasteiger partial charge in [-0.3, -0.25) is 4.79 Å². The molecule has 2 aromatic rings. The van der Waals surface area contributed by atoms with Gasteiger partial charge in [0, 0.05) is 24.9 Å². The Labute approximate surface area is 137 Å². The molecular formula is C14H14Cl2N4O2. The van der Waals surface area contributed by atoms with E-state index in [1.54, 1.807) is 25.3 Å². The average Bonchev–Trinajstić information content (AvgIpc) is 2.51. The standard InChI is InChI=1S/C14H14Cl2N4O2/c1-22-7-6-18-14-17-5-4-11(20-14)13(21)19-12-8-9(15)2-3-10(12)16/h2-5,8H,6-7H2,1H3,(H,19,21)(H,17,18,20). The van der Waals surface area contributed by atoms with Crippen molar-refractivity contribution in [2.75, 3.05) is 30.9 Å². The van der Waals surface area contributed by atoms with Gasteiger partial charge in [-0.25, -0.2) is 9.97 Å². The Morgan fingerprint density at radius 1 is 1.32 bits per heavy atom. The molecule has 1 amide bonds. The molecule has 2 rings (SSSR count). The molecule has 0 spiro atoms. The average molecular weight is 341 g/mol.